The molecule has 0 aliphatic heterocycles. The molecule has 22 heavy (non-hydrogen) atoms. The minimum absolute atomic E-state index is 0.854. The molecule has 0 N–H and O–H groups in total. The van der Waals surface area contributed by atoms with Crippen molar-refractivity contribution in [3.8, 4) is 5.75 Å². The number of ether oxygens (including phenoxy) is 1. The lowest BCUT2D eigenvalue weighted by Gasteiger charge is -2.22. The van der Waals surface area contributed by atoms with Crippen LogP contribution in [-0.4, -0.2) is 19.1 Å². The summed E-state index contributed by atoms with van der Waals surface area (Å²) in [6.07, 6.45) is 0. The Morgan fingerprint density at radius 1 is 1.05 bits per heavy atom. The molecule has 1 aromatic heterocycles. The maximum atomic E-state index is 5.36. The number of pyridine rings is 1. The van der Waals surface area contributed by atoms with Crippen molar-refractivity contribution in [1.29, 1.82) is 0 Å². The van der Waals surface area contributed by atoms with Gasteiger partial charge >= 0.3 is 0 Å². The van der Waals surface area contributed by atoms with Crippen LogP contribution < -0.4 is 9.64 Å². The number of fused-ring (bicyclic) bond motifs is 1. The molecule has 0 saturated heterocycles. The van der Waals surface area contributed by atoms with Crippen molar-refractivity contribution >= 4 is 16.6 Å². The van der Waals surface area contributed by atoms with E-state index in [1.54, 1.807) is 7.11 Å². The number of benzene rings is 2. The first-order valence-corrected chi connectivity index (χ1v) is 7.38. The molecule has 112 valence electrons. The predicted molar refractivity (Wildman–Crippen MR) is 91.6 cm³/mol. The topological polar surface area (TPSA) is 25.4 Å². The fourth-order valence-electron chi connectivity index (χ4n) is 2.70. The zero-order valence-electron chi connectivity index (χ0n) is 13.2. The molecular weight excluding hydrogens is 272 g/mol. The lowest BCUT2D eigenvalue weighted by Crippen LogP contribution is -2.17. The molecule has 2 aromatic carbocycles. The van der Waals surface area contributed by atoms with Gasteiger partial charge in [0.05, 0.1) is 12.6 Å². The van der Waals surface area contributed by atoms with Crippen LogP contribution in [0.3, 0.4) is 0 Å². The van der Waals surface area contributed by atoms with Crippen LogP contribution in [0.4, 0.5) is 5.69 Å². The molecule has 0 aliphatic carbocycles. The monoisotopic (exact) mass is 292 g/mol. The normalized spacial score (nSPS) is 10.7. The molecule has 0 fully saturated rings. The van der Waals surface area contributed by atoms with E-state index in [1.807, 2.05) is 25.1 Å². The third-order valence-corrected chi connectivity index (χ3v) is 3.80. The molecule has 0 atom stereocenters. The molecule has 0 unspecified atom stereocenters. The van der Waals surface area contributed by atoms with Gasteiger partial charge in [-0.25, -0.2) is 0 Å². The summed E-state index contributed by atoms with van der Waals surface area (Å²) in [7, 11) is 3.80. The van der Waals surface area contributed by atoms with E-state index < -0.39 is 0 Å². The van der Waals surface area contributed by atoms with Crippen molar-refractivity contribution in [2.24, 2.45) is 0 Å². The number of hydrogen-bond donors (Lipinski definition) is 0. The van der Waals surface area contributed by atoms with Gasteiger partial charge in [0, 0.05) is 30.4 Å². The Balaban J connectivity index is 2.04. The number of hydrogen-bond acceptors (Lipinski definition) is 3. The third-order valence-electron chi connectivity index (χ3n) is 3.80. The Hall–Kier alpha value is -2.55. The summed E-state index contributed by atoms with van der Waals surface area (Å²) in [6, 6.07) is 18.6. The maximum absolute atomic E-state index is 5.36. The van der Waals surface area contributed by atoms with Crippen LogP contribution in [0.25, 0.3) is 10.9 Å². The Morgan fingerprint density at radius 2 is 1.82 bits per heavy atom. The zero-order chi connectivity index (χ0) is 15.5. The van der Waals surface area contributed by atoms with E-state index >= 15 is 0 Å². The van der Waals surface area contributed by atoms with Crippen molar-refractivity contribution in [3.05, 3.63) is 65.9 Å². The van der Waals surface area contributed by atoms with E-state index in [0.717, 1.165) is 28.9 Å². The highest BCUT2D eigenvalue weighted by molar-refractivity contribution is 5.93. The highest BCUT2D eigenvalue weighted by atomic mass is 16.5. The van der Waals surface area contributed by atoms with Gasteiger partial charge in [-0.15, -0.1) is 0 Å². The number of aryl methyl sites for hydroxylation is 1. The molecule has 3 rings (SSSR count). The van der Waals surface area contributed by atoms with Gasteiger partial charge in [-0.1, -0.05) is 30.3 Å². The number of rotatable bonds is 4. The lowest BCUT2D eigenvalue weighted by molar-refractivity contribution is 0.415. The van der Waals surface area contributed by atoms with Crippen LogP contribution in [0.2, 0.25) is 0 Å². The minimum atomic E-state index is 0.854. The second-order valence-electron chi connectivity index (χ2n) is 5.51. The molecule has 1 heterocycles. The Labute approximate surface area is 131 Å². The van der Waals surface area contributed by atoms with Gasteiger partial charge in [0.2, 0.25) is 0 Å². The van der Waals surface area contributed by atoms with Gasteiger partial charge in [-0.05, 0) is 36.8 Å². The highest BCUT2D eigenvalue weighted by Gasteiger charge is 2.10. The molecule has 0 radical (unpaired) electrons. The van der Waals surface area contributed by atoms with E-state index in [9.17, 15) is 0 Å². The molecule has 3 aromatic rings. The number of anilines is 1. The van der Waals surface area contributed by atoms with Crippen LogP contribution >= 0.6 is 0 Å². The third kappa shape index (κ3) is 2.89. The summed E-state index contributed by atoms with van der Waals surface area (Å²) < 4.78 is 5.36. The van der Waals surface area contributed by atoms with Gasteiger partial charge in [-0.3, -0.25) is 4.98 Å². The fraction of sp³-hybridized carbons (Fsp3) is 0.211. The summed E-state index contributed by atoms with van der Waals surface area (Å²) >= 11 is 0. The first-order valence-electron chi connectivity index (χ1n) is 7.38. The number of methoxy groups -OCH3 is 1. The average Bonchev–Trinajstić information content (AvgIpc) is 2.54. The molecule has 0 amide bonds. The maximum Gasteiger partial charge on any atom is 0.119 e. The second-order valence-corrected chi connectivity index (χ2v) is 5.51. The van der Waals surface area contributed by atoms with Crippen molar-refractivity contribution in [3.63, 3.8) is 0 Å². The summed E-state index contributed by atoms with van der Waals surface area (Å²) in [5.74, 6) is 0.854. The Morgan fingerprint density at radius 3 is 2.55 bits per heavy atom. The summed E-state index contributed by atoms with van der Waals surface area (Å²) in [5.41, 5.74) is 4.48. The van der Waals surface area contributed by atoms with Crippen molar-refractivity contribution in [2.45, 2.75) is 13.5 Å². The summed E-state index contributed by atoms with van der Waals surface area (Å²) in [4.78, 5) is 6.87. The van der Waals surface area contributed by atoms with Crippen LogP contribution in [0.1, 0.15) is 11.3 Å². The number of aromatic nitrogens is 1. The van der Waals surface area contributed by atoms with Gasteiger partial charge in [0.25, 0.3) is 0 Å². The SMILES string of the molecule is COc1ccc2nc(C)cc(N(C)Cc3ccccc3)c2c1. The standard InChI is InChI=1S/C19H20N2O/c1-14-11-19(21(2)13-15-7-5-4-6-8-15)17-12-16(22-3)9-10-18(17)20-14/h4-12H,13H2,1-3H3. The van der Waals surface area contributed by atoms with Crippen LogP contribution in [0.5, 0.6) is 5.75 Å². The predicted octanol–water partition coefficient (Wildman–Crippen LogP) is 4.19. The van der Waals surface area contributed by atoms with Gasteiger partial charge in [0.1, 0.15) is 5.75 Å². The molecule has 0 spiro atoms. The highest BCUT2D eigenvalue weighted by Crippen LogP contribution is 2.30. The average molecular weight is 292 g/mol. The summed E-state index contributed by atoms with van der Waals surface area (Å²) in [5, 5.41) is 1.11. The lowest BCUT2D eigenvalue weighted by atomic mass is 10.1. The van der Waals surface area contributed by atoms with Crippen LogP contribution in [0.15, 0.2) is 54.6 Å². The van der Waals surface area contributed by atoms with Crippen LogP contribution in [-0.2, 0) is 6.54 Å². The molecular formula is C19H20N2O. The molecule has 3 nitrogen and oxygen atoms in total. The van der Waals surface area contributed by atoms with E-state index in [1.165, 1.54) is 11.3 Å². The van der Waals surface area contributed by atoms with Gasteiger partial charge < -0.3 is 9.64 Å². The fourth-order valence-corrected chi connectivity index (χ4v) is 2.70. The molecule has 0 bridgehead atoms. The van der Waals surface area contributed by atoms with E-state index in [4.69, 9.17) is 4.74 Å². The van der Waals surface area contributed by atoms with E-state index in [-0.39, 0.29) is 0 Å². The zero-order valence-corrected chi connectivity index (χ0v) is 13.2. The Kier molecular flexibility index (Phi) is 3.96. The van der Waals surface area contributed by atoms with E-state index in [0.29, 0.717) is 0 Å². The van der Waals surface area contributed by atoms with Gasteiger partial charge in [-0.2, -0.15) is 0 Å². The van der Waals surface area contributed by atoms with Crippen molar-refractivity contribution in [1.82, 2.24) is 4.98 Å². The Bertz CT molecular complexity index is 784. The summed E-state index contributed by atoms with van der Waals surface area (Å²) in [6.45, 7) is 2.89. The molecule has 0 aliphatic rings. The first-order chi connectivity index (χ1) is 10.7. The minimum Gasteiger partial charge on any atom is -0.497 e. The second kappa shape index (κ2) is 6.06. The van der Waals surface area contributed by atoms with Crippen LogP contribution in [0, 0.1) is 6.92 Å². The first kappa shape index (κ1) is 14.4. The number of nitrogens with zero attached hydrogens (tertiary/aromatic N) is 2. The quantitative estimate of drug-likeness (QED) is 0.721. The molecule has 0 saturated carbocycles. The van der Waals surface area contributed by atoms with Gasteiger partial charge in [0.15, 0.2) is 0 Å². The molecule has 3 heteroatoms. The smallest absolute Gasteiger partial charge is 0.119 e. The van der Waals surface area contributed by atoms with E-state index in [2.05, 4.69) is 53.3 Å². The largest absolute Gasteiger partial charge is 0.497 e. The van der Waals surface area contributed by atoms with Crippen molar-refractivity contribution < 1.29 is 4.74 Å². The van der Waals surface area contributed by atoms with Crippen molar-refractivity contribution in [2.75, 3.05) is 19.1 Å².